The molecule has 1 atom stereocenters. The summed E-state index contributed by atoms with van der Waals surface area (Å²) in [5.74, 6) is 2.76. The number of alkyl halides is 1. The number of fused-ring (bicyclic) bond motifs is 3. The summed E-state index contributed by atoms with van der Waals surface area (Å²) in [6, 6.07) is 2.38. The minimum atomic E-state index is -1.93. The molecule has 1 unspecified atom stereocenters. The van der Waals surface area contributed by atoms with Gasteiger partial charge in [-0.15, -0.1) is 0 Å². The number of rotatable bonds is 3. The van der Waals surface area contributed by atoms with Crippen molar-refractivity contribution in [3.05, 3.63) is 34.9 Å². The Hall–Kier alpha value is -3.45. The van der Waals surface area contributed by atoms with Crippen LogP contribution in [0.25, 0.3) is 11.4 Å². The van der Waals surface area contributed by atoms with Crippen molar-refractivity contribution in [2.45, 2.75) is 19.1 Å². The van der Waals surface area contributed by atoms with Crippen molar-refractivity contribution >= 4 is 11.8 Å². The van der Waals surface area contributed by atoms with E-state index in [0.717, 1.165) is 13.0 Å². The maximum Gasteiger partial charge on any atom is 0.270 e. The summed E-state index contributed by atoms with van der Waals surface area (Å²) in [4.78, 5) is 28.3. The number of nitrogens with one attached hydrogen (secondary N) is 1. The third kappa shape index (κ3) is 3.77. The molecule has 4 N–H and O–H groups in total. The Morgan fingerprint density at radius 1 is 1.48 bits per heavy atom. The first kappa shape index (κ1) is 20.3. The molecule has 10 heteroatoms. The molecule has 29 heavy (non-hydrogen) atoms. The van der Waals surface area contributed by atoms with Crippen LogP contribution in [0, 0.1) is 17.7 Å². The van der Waals surface area contributed by atoms with Gasteiger partial charge in [0.05, 0.1) is 17.7 Å². The molecule has 1 aliphatic rings. The van der Waals surface area contributed by atoms with E-state index in [-0.39, 0.29) is 47.2 Å². The van der Waals surface area contributed by atoms with Crippen molar-refractivity contribution in [2.75, 3.05) is 20.3 Å². The zero-order valence-electron chi connectivity index (χ0n) is 15.7. The molecule has 2 amide bonds. The number of carbonyl (C=O) groups is 2. The molecule has 1 aromatic heterocycles. The number of aliphatic hydroxyl groups is 1. The number of nitrogens with two attached hydrogens (primary N) is 1. The molecule has 1 aromatic carbocycles. The minimum absolute atomic E-state index is 0.0382. The van der Waals surface area contributed by atoms with Crippen LogP contribution in [0.2, 0.25) is 0 Å². The van der Waals surface area contributed by atoms with Crippen molar-refractivity contribution in [1.29, 1.82) is 0 Å². The van der Waals surface area contributed by atoms with Gasteiger partial charge in [0.1, 0.15) is 36.4 Å². The molecule has 0 saturated heterocycles. The molecular weight excluding hydrogens is 386 g/mol. The maximum atomic E-state index is 14.4. The largest absolute Gasteiger partial charge is 0.491 e. The van der Waals surface area contributed by atoms with Crippen LogP contribution in [0.1, 0.15) is 33.5 Å². The molecule has 0 aliphatic carbocycles. The maximum absolute atomic E-state index is 14.4. The molecule has 0 spiro atoms. The summed E-state index contributed by atoms with van der Waals surface area (Å²) in [7, 11) is 1.40. The van der Waals surface area contributed by atoms with Gasteiger partial charge in [0.2, 0.25) is 0 Å². The molecule has 1 aliphatic heterocycles. The number of halogens is 2. The second kappa shape index (κ2) is 7.52. The van der Waals surface area contributed by atoms with E-state index in [0.29, 0.717) is 0 Å². The number of hydrogen-bond acceptors (Lipinski definition) is 5. The average Bonchev–Trinajstić information content (AvgIpc) is 2.98. The number of aromatic nitrogens is 2. The summed E-state index contributed by atoms with van der Waals surface area (Å²) in [6.07, 6.45) is 0. The van der Waals surface area contributed by atoms with Gasteiger partial charge in [-0.3, -0.25) is 9.59 Å². The van der Waals surface area contributed by atoms with Crippen LogP contribution >= 0.6 is 0 Å². The first-order valence-corrected chi connectivity index (χ1v) is 8.59. The fraction of sp³-hybridized carbons (Fsp3) is 0.316. The Balaban J connectivity index is 2.24. The Kier molecular flexibility index (Phi) is 5.26. The number of ether oxygens (including phenoxy) is 1. The number of primary amides is 1. The van der Waals surface area contributed by atoms with E-state index < -0.39 is 29.9 Å². The van der Waals surface area contributed by atoms with Crippen LogP contribution in [0.5, 0.6) is 5.75 Å². The molecule has 0 bridgehead atoms. The zero-order valence-corrected chi connectivity index (χ0v) is 15.7. The van der Waals surface area contributed by atoms with Gasteiger partial charge >= 0.3 is 0 Å². The molecule has 0 radical (unpaired) electrons. The van der Waals surface area contributed by atoms with Crippen LogP contribution in [0.15, 0.2) is 12.1 Å². The number of benzene rings is 1. The minimum Gasteiger partial charge on any atom is -0.491 e. The van der Waals surface area contributed by atoms with Gasteiger partial charge in [-0.05, 0) is 13.0 Å². The van der Waals surface area contributed by atoms with E-state index in [2.05, 4.69) is 22.1 Å². The summed E-state index contributed by atoms with van der Waals surface area (Å²) in [5, 5.41) is 12.1. The summed E-state index contributed by atoms with van der Waals surface area (Å²) < 4.78 is 34.2. The van der Waals surface area contributed by atoms with Crippen molar-refractivity contribution in [3.8, 4) is 29.0 Å². The number of amides is 2. The second-order valence-corrected chi connectivity index (χ2v) is 6.56. The van der Waals surface area contributed by atoms with Crippen molar-refractivity contribution in [1.82, 2.24) is 14.9 Å². The number of nitrogens with zero attached hydrogens (tertiary/aromatic N) is 2. The van der Waals surface area contributed by atoms with E-state index in [1.807, 2.05) is 0 Å². The monoisotopic (exact) mass is 404 g/mol. The molecule has 152 valence electrons. The van der Waals surface area contributed by atoms with Crippen LogP contribution in [0.4, 0.5) is 8.78 Å². The highest BCUT2D eigenvalue weighted by Crippen LogP contribution is 2.35. The lowest BCUT2D eigenvalue weighted by Crippen LogP contribution is -2.26. The Labute approximate surface area is 164 Å². The molecule has 0 fully saturated rings. The lowest BCUT2D eigenvalue weighted by molar-refractivity contribution is 0.0904. The summed E-state index contributed by atoms with van der Waals surface area (Å²) in [5.41, 5.74) is 3.30. The quantitative estimate of drug-likeness (QED) is 0.648. The SMILES string of the molecule is CNC(=O)c1c(C(N)=O)nc2n1CCOc1cc(F)c(C#CC(C)(O)CF)cc1-2. The molecule has 0 saturated carbocycles. The highest BCUT2D eigenvalue weighted by Gasteiger charge is 2.29. The highest BCUT2D eigenvalue weighted by atomic mass is 19.1. The fourth-order valence-corrected chi connectivity index (χ4v) is 2.82. The molecule has 2 aromatic rings. The average molecular weight is 404 g/mol. The van der Waals surface area contributed by atoms with Crippen LogP contribution < -0.4 is 15.8 Å². The fourth-order valence-electron chi connectivity index (χ4n) is 2.82. The van der Waals surface area contributed by atoms with E-state index in [4.69, 9.17) is 10.5 Å². The van der Waals surface area contributed by atoms with Gasteiger partial charge in [0, 0.05) is 13.1 Å². The number of hydrogen-bond donors (Lipinski definition) is 3. The summed E-state index contributed by atoms with van der Waals surface area (Å²) in [6.45, 7) is 0.273. The predicted octanol–water partition coefficient (Wildman–Crippen LogP) is 0.612. The van der Waals surface area contributed by atoms with Crippen LogP contribution in [0.3, 0.4) is 0 Å². The van der Waals surface area contributed by atoms with Crippen molar-refractivity contribution in [3.63, 3.8) is 0 Å². The van der Waals surface area contributed by atoms with Crippen LogP contribution in [-0.2, 0) is 6.54 Å². The Morgan fingerprint density at radius 3 is 2.83 bits per heavy atom. The lowest BCUT2D eigenvalue weighted by Gasteiger charge is -2.10. The first-order chi connectivity index (χ1) is 13.7. The van der Waals surface area contributed by atoms with Gasteiger partial charge in [0.15, 0.2) is 11.3 Å². The molecular formula is C19H18F2N4O4. The van der Waals surface area contributed by atoms with E-state index in [1.54, 1.807) is 0 Å². The Morgan fingerprint density at radius 2 is 2.21 bits per heavy atom. The van der Waals surface area contributed by atoms with Gasteiger partial charge in [0.25, 0.3) is 11.8 Å². The molecule has 3 rings (SSSR count). The zero-order chi connectivity index (χ0) is 21.3. The molecule has 2 heterocycles. The first-order valence-electron chi connectivity index (χ1n) is 8.59. The third-order valence-electron chi connectivity index (χ3n) is 4.25. The van der Waals surface area contributed by atoms with Gasteiger partial charge < -0.3 is 25.5 Å². The van der Waals surface area contributed by atoms with Gasteiger partial charge in [-0.2, -0.15) is 0 Å². The molecule has 8 nitrogen and oxygen atoms in total. The van der Waals surface area contributed by atoms with E-state index in [9.17, 15) is 23.5 Å². The van der Waals surface area contributed by atoms with Gasteiger partial charge in [-0.1, -0.05) is 11.8 Å². The van der Waals surface area contributed by atoms with E-state index in [1.165, 1.54) is 17.7 Å². The summed E-state index contributed by atoms with van der Waals surface area (Å²) >= 11 is 0. The normalized spacial score (nSPS) is 14.2. The standard InChI is InChI=1S/C19H18F2N4O4/c1-19(28,9-20)4-3-10-7-11-13(8-12(10)21)29-6-5-25-15(18(27)23-2)14(16(22)26)24-17(11)25/h7-8,28H,5-6,9H2,1-2H3,(H2,22,26)(H,23,27). The topological polar surface area (TPSA) is 119 Å². The predicted molar refractivity (Wildman–Crippen MR) is 98.5 cm³/mol. The number of carbonyl (C=O) groups excluding carboxylic acids is 2. The van der Waals surface area contributed by atoms with Crippen molar-refractivity contribution in [2.24, 2.45) is 5.73 Å². The second-order valence-electron chi connectivity index (χ2n) is 6.56. The smallest absolute Gasteiger partial charge is 0.270 e. The highest BCUT2D eigenvalue weighted by molar-refractivity contribution is 6.05. The van der Waals surface area contributed by atoms with E-state index >= 15 is 0 Å². The lowest BCUT2D eigenvalue weighted by atomic mass is 10.1. The number of imidazole rings is 1. The Bertz CT molecular complexity index is 1070. The van der Waals surface area contributed by atoms with Gasteiger partial charge in [-0.25, -0.2) is 13.8 Å². The van der Waals surface area contributed by atoms with Crippen LogP contribution in [-0.4, -0.2) is 52.4 Å². The third-order valence-corrected chi connectivity index (χ3v) is 4.25. The van der Waals surface area contributed by atoms with Crippen molar-refractivity contribution < 1.29 is 28.2 Å².